The first-order valence-electron chi connectivity index (χ1n) is 9.67. The second kappa shape index (κ2) is 9.28. The Kier molecular flexibility index (Phi) is 6.54. The zero-order valence-electron chi connectivity index (χ0n) is 17.4. The Balaban J connectivity index is 1.72. The number of hydrogen-bond acceptors (Lipinski definition) is 4. The molecule has 6 nitrogen and oxygen atoms in total. The van der Waals surface area contributed by atoms with Crippen LogP contribution in [0.3, 0.4) is 0 Å². The van der Waals surface area contributed by atoms with E-state index in [-0.39, 0.29) is 5.91 Å². The molecule has 0 aliphatic carbocycles. The first-order chi connectivity index (χ1) is 14.0. The summed E-state index contributed by atoms with van der Waals surface area (Å²) in [4.78, 5) is 12.6. The summed E-state index contributed by atoms with van der Waals surface area (Å²) in [6, 6.07) is 13.4. The average molecular weight is 393 g/mol. The van der Waals surface area contributed by atoms with Crippen molar-refractivity contribution in [1.29, 1.82) is 0 Å². The highest BCUT2D eigenvalue weighted by Crippen LogP contribution is 2.25. The lowest BCUT2D eigenvalue weighted by Crippen LogP contribution is -2.24. The predicted molar refractivity (Wildman–Crippen MR) is 112 cm³/mol. The van der Waals surface area contributed by atoms with E-state index in [0.717, 1.165) is 34.7 Å². The van der Waals surface area contributed by atoms with E-state index in [1.54, 1.807) is 25.4 Å². The first kappa shape index (κ1) is 20.5. The molecule has 29 heavy (non-hydrogen) atoms. The minimum absolute atomic E-state index is 0.149. The van der Waals surface area contributed by atoms with E-state index in [1.165, 1.54) is 0 Å². The van der Waals surface area contributed by atoms with Crippen LogP contribution in [0.25, 0.3) is 0 Å². The van der Waals surface area contributed by atoms with Gasteiger partial charge in [0.15, 0.2) is 0 Å². The largest absolute Gasteiger partial charge is 0.496 e. The molecule has 0 bridgehead atoms. The molecule has 0 aliphatic rings. The van der Waals surface area contributed by atoms with Gasteiger partial charge in [0, 0.05) is 23.9 Å². The highest BCUT2D eigenvalue weighted by atomic mass is 16.5. The van der Waals surface area contributed by atoms with Crippen LogP contribution >= 0.6 is 0 Å². The van der Waals surface area contributed by atoms with Gasteiger partial charge in [-0.1, -0.05) is 12.1 Å². The van der Waals surface area contributed by atoms with Crippen molar-refractivity contribution in [3.63, 3.8) is 0 Å². The lowest BCUT2D eigenvalue weighted by Gasteiger charge is -2.14. The highest BCUT2D eigenvalue weighted by Gasteiger charge is 2.12. The summed E-state index contributed by atoms with van der Waals surface area (Å²) < 4.78 is 13.3. The molecule has 6 heteroatoms. The Bertz CT molecular complexity index is 995. The van der Waals surface area contributed by atoms with Crippen LogP contribution in [0.5, 0.6) is 11.5 Å². The average Bonchev–Trinajstić information content (AvgIpc) is 3.20. The Labute approximate surface area is 171 Å². The molecule has 0 fully saturated rings. The van der Waals surface area contributed by atoms with Crippen molar-refractivity contribution in [2.45, 2.75) is 40.5 Å². The molecule has 3 rings (SSSR count). The molecule has 1 heterocycles. The molecule has 2 aromatic carbocycles. The molecule has 1 amide bonds. The van der Waals surface area contributed by atoms with Crippen LogP contribution in [0.2, 0.25) is 0 Å². The summed E-state index contributed by atoms with van der Waals surface area (Å²) in [5, 5.41) is 7.17. The second-order valence-electron chi connectivity index (χ2n) is 6.91. The third-order valence-electron chi connectivity index (χ3n) is 4.80. The molecule has 1 aromatic heterocycles. The van der Waals surface area contributed by atoms with E-state index in [9.17, 15) is 4.79 Å². The third kappa shape index (κ3) is 4.96. The predicted octanol–water partition coefficient (Wildman–Crippen LogP) is 4.04. The fraction of sp³-hybridized carbons (Fsp3) is 0.304. The van der Waals surface area contributed by atoms with Gasteiger partial charge in [-0.25, -0.2) is 0 Å². The number of aryl methyl sites for hydroxylation is 3. The van der Waals surface area contributed by atoms with Crippen LogP contribution in [0.1, 0.15) is 39.7 Å². The topological polar surface area (TPSA) is 65.4 Å². The zero-order chi connectivity index (χ0) is 20.8. The number of nitrogens with zero attached hydrogens (tertiary/aromatic N) is 2. The maximum absolute atomic E-state index is 12.6. The van der Waals surface area contributed by atoms with Crippen LogP contribution in [-0.4, -0.2) is 22.8 Å². The number of hydrogen-bond donors (Lipinski definition) is 1. The van der Waals surface area contributed by atoms with Crippen molar-refractivity contribution in [3.05, 3.63) is 76.6 Å². The molecule has 152 valence electrons. The van der Waals surface area contributed by atoms with Gasteiger partial charge in [-0.3, -0.25) is 9.48 Å². The second-order valence-corrected chi connectivity index (χ2v) is 6.91. The maximum Gasteiger partial charge on any atom is 0.251 e. The number of carbonyl (C=O) groups excluding carboxylic acids is 1. The Hall–Kier alpha value is -3.28. The number of aromatic nitrogens is 2. The summed E-state index contributed by atoms with van der Waals surface area (Å²) in [6.07, 6.45) is 1.74. The Morgan fingerprint density at radius 1 is 1.10 bits per heavy atom. The molecule has 3 aromatic rings. The number of benzene rings is 2. The van der Waals surface area contributed by atoms with Crippen molar-refractivity contribution < 1.29 is 14.3 Å². The maximum atomic E-state index is 12.6. The van der Waals surface area contributed by atoms with Gasteiger partial charge in [-0.2, -0.15) is 5.10 Å². The summed E-state index contributed by atoms with van der Waals surface area (Å²) in [7, 11) is 1.61. The number of carbonyl (C=O) groups is 1. The van der Waals surface area contributed by atoms with Crippen molar-refractivity contribution >= 4 is 5.91 Å². The standard InChI is InChI=1S/C23H27N3O3/c1-5-26-20(10-11-25-26)14-24-23(27)18-8-9-21(28-4)19(13-18)15-29-22-12-16(2)6-7-17(22)3/h6-13H,5,14-15H2,1-4H3,(H,24,27). The molecular formula is C23H27N3O3. The molecule has 0 spiro atoms. The molecule has 0 atom stereocenters. The first-order valence-corrected chi connectivity index (χ1v) is 9.67. The van der Waals surface area contributed by atoms with E-state index < -0.39 is 0 Å². The van der Waals surface area contributed by atoms with E-state index in [4.69, 9.17) is 9.47 Å². The van der Waals surface area contributed by atoms with Gasteiger partial charge in [0.25, 0.3) is 5.91 Å². The molecular weight excluding hydrogens is 366 g/mol. The van der Waals surface area contributed by atoms with E-state index in [1.807, 2.05) is 49.7 Å². The quantitative estimate of drug-likeness (QED) is 0.627. The van der Waals surface area contributed by atoms with Gasteiger partial charge in [-0.15, -0.1) is 0 Å². The molecule has 1 N–H and O–H groups in total. The van der Waals surface area contributed by atoms with Gasteiger partial charge in [0.05, 0.1) is 19.3 Å². The van der Waals surface area contributed by atoms with E-state index in [0.29, 0.717) is 24.5 Å². The van der Waals surface area contributed by atoms with Crippen molar-refractivity contribution in [1.82, 2.24) is 15.1 Å². The summed E-state index contributed by atoms with van der Waals surface area (Å²) in [6.45, 7) is 7.56. The Morgan fingerprint density at radius 3 is 2.69 bits per heavy atom. The van der Waals surface area contributed by atoms with Gasteiger partial charge in [-0.05, 0) is 62.2 Å². The smallest absolute Gasteiger partial charge is 0.251 e. The third-order valence-corrected chi connectivity index (χ3v) is 4.80. The highest BCUT2D eigenvalue weighted by molar-refractivity contribution is 5.94. The summed E-state index contributed by atoms with van der Waals surface area (Å²) >= 11 is 0. The molecule has 0 saturated carbocycles. The number of ether oxygens (including phenoxy) is 2. The lowest BCUT2D eigenvalue weighted by atomic mass is 10.1. The molecule has 0 unspecified atom stereocenters. The molecule has 0 saturated heterocycles. The van der Waals surface area contributed by atoms with Crippen LogP contribution < -0.4 is 14.8 Å². The fourth-order valence-electron chi connectivity index (χ4n) is 3.12. The number of rotatable bonds is 8. The minimum atomic E-state index is -0.149. The van der Waals surface area contributed by atoms with Crippen molar-refractivity contribution in [2.24, 2.45) is 0 Å². The SMILES string of the molecule is CCn1nccc1CNC(=O)c1ccc(OC)c(COc2cc(C)ccc2C)c1. The Morgan fingerprint density at radius 2 is 1.93 bits per heavy atom. The molecule has 0 radical (unpaired) electrons. The van der Waals surface area contributed by atoms with Gasteiger partial charge in [0.2, 0.25) is 0 Å². The van der Waals surface area contributed by atoms with Gasteiger partial charge >= 0.3 is 0 Å². The number of methoxy groups -OCH3 is 1. The number of nitrogens with one attached hydrogen (secondary N) is 1. The number of amides is 1. The van der Waals surface area contributed by atoms with Crippen LogP contribution in [-0.2, 0) is 19.7 Å². The van der Waals surface area contributed by atoms with Gasteiger partial charge < -0.3 is 14.8 Å². The minimum Gasteiger partial charge on any atom is -0.496 e. The monoisotopic (exact) mass is 393 g/mol. The van der Waals surface area contributed by atoms with Crippen LogP contribution in [0.15, 0.2) is 48.7 Å². The fourth-order valence-corrected chi connectivity index (χ4v) is 3.12. The van der Waals surface area contributed by atoms with Crippen molar-refractivity contribution in [2.75, 3.05) is 7.11 Å². The lowest BCUT2D eigenvalue weighted by molar-refractivity contribution is 0.0949. The van der Waals surface area contributed by atoms with Crippen LogP contribution in [0, 0.1) is 13.8 Å². The van der Waals surface area contributed by atoms with E-state index in [2.05, 4.69) is 16.5 Å². The normalized spacial score (nSPS) is 10.6. The van der Waals surface area contributed by atoms with Crippen LogP contribution in [0.4, 0.5) is 0 Å². The zero-order valence-corrected chi connectivity index (χ0v) is 17.4. The van der Waals surface area contributed by atoms with E-state index >= 15 is 0 Å². The van der Waals surface area contributed by atoms with Gasteiger partial charge in [0.1, 0.15) is 18.1 Å². The molecule has 0 aliphatic heterocycles. The summed E-state index contributed by atoms with van der Waals surface area (Å²) in [5.74, 6) is 1.37. The summed E-state index contributed by atoms with van der Waals surface area (Å²) in [5.41, 5.74) is 4.55. The van der Waals surface area contributed by atoms with Crippen molar-refractivity contribution in [3.8, 4) is 11.5 Å².